The van der Waals surface area contributed by atoms with Gasteiger partial charge in [-0.15, -0.1) is 0 Å². The van der Waals surface area contributed by atoms with E-state index in [2.05, 4.69) is 65.6 Å². The lowest BCUT2D eigenvalue weighted by Gasteiger charge is -2.32. The fraction of sp³-hybridized carbons (Fsp3) is 0.308. The summed E-state index contributed by atoms with van der Waals surface area (Å²) < 4.78 is 18.6. The van der Waals surface area contributed by atoms with E-state index in [1.807, 2.05) is 0 Å². The molecule has 1 spiro atoms. The zero-order valence-corrected chi connectivity index (χ0v) is 18.6. The average molecular weight is 466 g/mol. The van der Waals surface area contributed by atoms with E-state index in [0.717, 1.165) is 55.1 Å². The largest absolute Gasteiger partial charge is 0.478 e. The Morgan fingerprint density at radius 2 is 1.44 bits per heavy atom. The number of rotatable bonds is 4. The highest BCUT2D eigenvalue weighted by molar-refractivity contribution is 5.89. The molecule has 3 aliphatic rings. The van der Waals surface area contributed by atoms with Crippen LogP contribution in [0.4, 0.5) is 0 Å². The van der Waals surface area contributed by atoms with Gasteiger partial charge in [0.25, 0.3) is 0 Å². The minimum atomic E-state index is -1.26. The van der Waals surface area contributed by atoms with Gasteiger partial charge in [0.15, 0.2) is 0 Å². The Kier molecular flexibility index (Phi) is 7.54. The molecule has 0 saturated carbocycles. The van der Waals surface area contributed by atoms with E-state index in [0.29, 0.717) is 18.8 Å². The van der Waals surface area contributed by atoms with E-state index in [4.69, 9.17) is 24.4 Å². The monoisotopic (exact) mass is 465 g/mol. The van der Waals surface area contributed by atoms with Gasteiger partial charge in [-0.1, -0.05) is 60.7 Å². The summed E-state index contributed by atoms with van der Waals surface area (Å²) in [6.07, 6.45) is 5.48. The highest BCUT2D eigenvalue weighted by Crippen LogP contribution is 2.45. The van der Waals surface area contributed by atoms with Gasteiger partial charge in [0.2, 0.25) is 5.79 Å². The number of benzene rings is 2. The molecule has 2 heterocycles. The molecule has 8 heteroatoms. The fourth-order valence-electron chi connectivity index (χ4n) is 4.31. The highest BCUT2D eigenvalue weighted by atomic mass is 16.7. The van der Waals surface area contributed by atoms with Crippen LogP contribution in [0.3, 0.4) is 0 Å². The number of fused-ring (bicyclic) bond motifs is 4. The maximum absolute atomic E-state index is 9.55. The molecule has 0 aromatic heterocycles. The summed E-state index contributed by atoms with van der Waals surface area (Å²) in [5, 5.41) is 15.6. The predicted octanol–water partition coefficient (Wildman–Crippen LogP) is 2.83. The second-order valence-electron chi connectivity index (χ2n) is 8.10. The maximum Gasteiger partial charge on any atom is 0.328 e. The molecule has 0 radical (unpaired) electrons. The summed E-state index contributed by atoms with van der Waals surface area (Å²) in [5.74, 6) is -3.34. The summed E-state index contributed by atoms with van der Waals surface area (Å²) >= 11 is 0. The van der Waals surface area contributed by atoms with Crippen LogP contribution >= 0.6 is 0 Å². The van der Waals surface area contributed by atoms with Gasteiger partial charge in [0.05, 0.1) is 25.9 Å². The Labute approximate surface area is 197 Å². The van der Waals surface area contributed by atoms with Crippen molar-refractivity contribution in [2.75, 3.05) is 39.5 Å². The third-order valence-corrected chi connectivity index (χ3v) is 5.81. The molecule has 2 aliphatic heterocycles. The molecule has 0 amide bonds. The zero-order chi connectivity index (χ0) is 24.0. The van der Waals surface area contributed by atoms with Crippen molar-refractivity contribution in [1.29, 1.82) is 0 Å². The molecule has 2 saturated heterocycles. The predicted molar refractivity (Wildman–Crippen MR) is 125 cm³/mol. The number of hydrogen-bond acceptors (Lipinski definition) is 6. The topological polar surface area (TPSA) is 106 Å². The molecule has 1 aliphatic carbocycles. The molecule has 34 heavy (non-hydrogen) atoms. The van der Waals surface area contributed by atoms with Crippen molar-refractivity contribution in [2.24, 2.45) is 0 Å². The van der Waals surface area contributed by atoms with E-state index >= 15 is 0 Å². The van der Waals surface area contributed by atoms with Crippen LogP contribution in [0, 0.1) is 0 Å². The number of carboxylic acid groups (broad SMARTS) is 2. The molecular formula is C26H27NO7. The van der Waals surface area contributed by atoms with Crippen molar-refractivity contribution in [3.05, 3.63) is 82.9 Å². The number of hydrogen-bond donors (Lipinski definition) is 2. The van der Waals surface area contributed by atoms with Crippen molar-refractivity contribution >= 4 is 24.1 Å². The molecule has 0 bridgehead atoms. The molecule has 178 valence electrons. The van der Waals surface area contributed by atoms with Gasteiger partial charge in [0.1, 0.15) is 0 Å². The van der Waals surface area contributed by atoms with Gasteiger partial charge in [-0.25, -0.2) is 9.59 Å². The lowest BCUT2D eigenvalue weighted by Crippen LogP contribution is -2.42. The number of ether oxygens (including phenoxy) is 3. The molecule has 8 nitrogen and oxygen atoms in total. The molecule has 1 unspecified atom stereocenters. The summed E-state index contributed by atoms with van der Waals surface area (Å²) in [5.41, 5.74) is 4.47. The minimum Gasteiger partial charge on any atom is -0.478 e. The lowest BCUT2D eigenvalue weighted by molar-refractivity contribution is -0.145. The number of morpholine rings is 1. The summed E-state index contributed by atoms with van der Waals surface area (Å²) in [7, 11) is 0. The first kappa shape index (κ1) is 23.8. The zero-order valence-electron chi connectivity index (χ0n) is 18.6. The van der Waals surface area contributed by atoms with Crippen molar-refractivity contribution in [1.82, 2.24) is 4.90 Å². The standard InChI is InChI=1S/C22H23NO3.C4H4O4/c1-3-7-20-17(5-1)9-10-18-6-2-4-8-21(18)22(20)25-16-19(26-22)15-23-11-13-24-14-12-23;5-3(6)1-2-4(7)8/h1-10,19H,11-16H2;1-2H,(H,5,6)(H,7,8)/b;2-1-. The molecular weight excluding hydrogens is 438 g/mol. The lowest BCUT2D eigenvalue weighted by atomic mass is 9.93. The minimum absolute atomic E-state index is 0.0484. The first-order valence-corrected chi connectivity index (χ1v) is 11.1. The first-order valence-electron chi connectivity index (χ1n) is 11.1. The molecule has 2 N–H and O–H groups in total. The van der Waals surface area contributed by atoms with Crippen LogP contribution in [0.25, 0.3) is 12.2 Å². The van der Waals surface area contributed by atoms with Gasteiger partial charge in [-0.3, -0.25) is 4.90 Å². The second kappa shape index (κ2) is 10.8. The second-order valence-corrected chi connectivity index (χ2v) is 8.10. The molecule has 1 atom stereocenters. The van der Waals surface area contributed by atoms with Crippen molar-refractivity contribution in [2.45, 2.75) is 11.9 Å². The number of aliphatic carboxylic acids is 2. The van der Waals surface area contributed by atoms with Crippen LogP contribution in [0.1, 0.15) is 22.3 Å². The normalized spacial score (nSPS) is 20.8. The van der Waals surface area contributed by atoms with Gasteiger partial charge < -0.3 is 24.4 Å². The average Bonchev–Trinajstić information content (AvgIpc) is 3.21. The number of nitrogens with zero attached hydrogens (tertiary/aromatic N) is 1. The third-order valence-electron chi connectivity index (χ3n) is 5.81. The highest BCUT2D eigenvalue weighted by Gasteiger charge is 2.47. The Morgan fingerprint density at radius 1 is 0.912 bits per heavy atom. The van der Waals surface area contributed by atoms with Crippen LogP contribution in [-0.4, -0.2) is 72.6 Å². The fourth-order valence-corrected chi connectivity index (χ4v) is 4.31. The van der Waals surface area contributed by atoms with E-state index < -0.39 is 17.7 Å². The van der Waals surface area contributed by atoms with E-state index in [1.54, 1.807) is 0 Å². The smallest absolute Gasteiger partial charge is 0.328 e. The van der Waals surface area contributed by atoms with Crippen molar-refractivity contribution in [3.63, 3.8) is 0 Å². The summed E-state index contributed by atoms with van der Waals surface area (Å²) in [6.45, 7) is 4.99. The molecule has 2 aromatic carbocycles. The maximum atomic E-state index is 9.55. The molecule has 2 fully saturated rings. The summed E-state index contributed by atoms with van der Waals surface area (Å²) in [4.78, 5) is 21.5. The Morgan fingerprint density at radius 3 is 1.97 bits per heavy atom. The summed E-state index contributed by atoms with van der Waals surface area (Å²) in [6, 6.07) is 16.7. The van der Waals surface area contributed by atoms with Crippen LogP contribution in [0.2, 0.25) is 0 Å². The van der Waals surface area contributed by atoms with Crippen molar-refractivity contribution in [3.8, 4) is 0 Å². The quantitative estimate of drug-likeness (QED) is 0.664. The van der Waals surface area contributed by atoms with Crippen LogP contribution in [0.5, 0.6) is 0 Å². The van der Waals surface area contributed by atoms with E-state index in [9.17, 15) is 9.59 Å². The van der Waals surface area contributed by atoms with Gasteiger partial charge >= 0.3 is 11.9 Å². The van der Waals surface area contributed by atoms with E-state index in [-0.39, 0.29) is 6.10 Å². The Hall–Kier alpha value is -3.30. The van der Waals surface area contributed by atoms with Crippen LogP contribution in [-0.2, 0) is 29.6 Å². The Balaban J connectivity index is 0.000000297. The number of carbonyl (C=O) groups is 2. The number of carboxylic acids is 2. The molecule has 2 aromatic rings. The van der Waals surface area contributed by atoms with Crippen LogP contribution < -0.4 is 0 Å². The van der Waals surface area contributed by atoms with Gasteiger partial charge in [-0.2, -0.15) is 0 Å². The van der Waals surface area contributed by atoms with Crippen molar-refractivity contribution < 1.29 is 34.0 Å². The third kappa shape index (κ3) is 5.43. The SMILES string of the molecule is C1=Cc2ccccc2C2(OCC(CN3CCOCC3)O2)c2ccccc21.O=C(O)/C=C\C(=O)O. The van der Waals surface area contributed by atoms with E-state index in [1.165, 1.54) is 0 Å². The van der Waals surface area contributed by atoms with Gasteiger partial charge in [-0.05, 0) is 11.1 Å². The molecule has 5 rings (SSSR count). The first-order chi connectivity index (χ1) is 16.5. The van der Waals surface area contributed by atoms with Crippen LogP contribution in [0.15, 0.2) is 60.7 Å². The van der Waals surface area contributed by atoms with Gasteiger partial charge in [0, 0.05) is 42.9 Å². The Bertz CT molecular complexity index is 1020.